The van der Waals surface area contributed by atoms with Gasteiger partial charge in [0.1, 0.15) is 16.5 Å². The number of allylic oxidation sites excluding steroid dienone is 1. The van der Waals surface area contributed by atoms with Crippen LogP contribution in [0.2, 0.25) is 10.0 Å². The number of aliphatic hydroxyl groups is 1. The molecular formula is C36H43Cl2N5O3S. The highest BCUT2D eigenvalue weighted by atomic mass is 35.5. The first-order valence-corrected chi connectivity index (χ1v) is 18.4. The van der Waals surface area contributed by atoms with Crippen molar-refractivity contribution in [2.45, 2.75) is 89.2 Å². The van der Waals surface area contributed by atoms with Crippen LogP contribution in [0.25, 0.3) is 0 Å². The number of carbonyl (C=O) groups excluding carboxylic acids is 2. The Morgan fingerprint density at radius 1 is 0.957 bits per heavy atom. The Morgan fingerprint density at radius 3 is 2.17 bits per heavy atom. The van der Waals surface area contributed by atoms with Crippen LogP contribution >= 0.6 is 35.0 Å². The van der Waals surface area contributed by atoms with Crippen LogP contribution in [0.1, 0.15) is 70.5 Å². The highest BCUT2D eigenvalue weighted by Gasteiger charge is 2.54. The molecule has 4 aliphatic heterocycles. The van der Waals surface area contributed by atoms with Crippen molar-refractivity contribution in [3.05, 3.63) is 80.3 Å². The summed E-state index contributed by atoms with van der Waals surface area (Å²) >= 11 is 14.1. The van der Waals surface area contributed by atoms with Gasteiger partial charge >= 0.3 is 0 Å². The zero-order chi connectivity index (χ0) is 33.2. The highest BCUT2D eigenvalue weighted by Crippen LogP contribution is 2.56. The van der Waals surface area contributed by atoms with E-state index in [0.717, 1.165) is 54.3 Å². The number of hydrogen-bond acceptors (Lipinski definition) is 7. The summed E-state index contributed by atoms with van der Waals surface area (Å²) in [5.74, 6) is 0.00357. The van der Waals surface area contributed by atoms with Crippen LogP contribution in [0, 0.1) is 5.92 Å². The Balaban J connectivity index is 1.19. The van der Waals surface area contributed by atoms with E-state index in [0.29, 0.717) is 40.5 Å². The van der Waals surface area contributed by atoms with E-state index in [1.165, 1.54) is 11.8 Å². The van der Waals surface area contributed by atoms with Crippen LogP contribution in [0.3, 0.4) is 0 Å². The summed E-state index contributed by atoms with van der Waals surface area (Å²) < 4.78 is 0. The average Bonchev–Trinajstić information content (AvgIpc) is 3.69. The number of benzene rings is 2. The Labute approximate surface area is 291 Å². The summed E-state index contributed by atoms with van der Waals surface area (Å²) in [6.07, 6.45) is 2.92. The zero-order valence-corrected chi connectivity index (χ0v) is 29.7. The molecule has 0 bridgehead atoms. The van der Waals surface area contributed by atoms with E-state index >= 15 is 0 Å². The van der Waals surface area contributed by atoms with Gasteiger partial charge in [-0.2, -0.15) is 0 Å². The summed E-state index contributed by atoms with van der Waals surface area (Å²) in [6.45, 7) is 11.4. The number of hydrogen-bond donors (Lipinski definition) is 1. The minimum absolute atomic E-state index is 0.0293. The molecule has 0 aromatic heterocycles. The van der Waals surface area contributed by atoms with Gasteiger partial charge < -0.3 is 19.8 Å². The number of rotatable bonds is 6. The third-order valence-electron chi connectivity index (χ3n) is 10.8. The highest BCUT2D eigenvalue weighted by molar-refractivity contribution is 8.18. The van der Waals surface area contributed by atoms with Gasteiger partial charge in [0.15, 0.2) is 5.17 Å². The molecular weight excluding hydrogens is 653 g/mol. The second kappa shape index (κ2) is 12.7. The number of aliphatic hydroxyl groups excluding tert-OH is 1. The van der Waals surface area contributed by atoms with Crippen molar-refractivity contribution in [2.24, 2.45) is 10.9 Å². The van der Waals surface area contributed by atoms with Crippen LogP contribution in [0.5, 0.6) is 0 Å². The van der Waals surface area contributed by atoms with Gasteiger partial charge in [0.25, 0.3) is 5.91 Å². The fourth-order valence-corrected chi connectivity index (χ4v) is 9.73. The first-order valence-electron chi connectivity index (χ1n) is 16.8. The normalized spacial score (nSPS) is 31.0. The number of aliphatic imine (C=N–C) groups is 1. The van der Waals surface area contributed by atoms with E-state index in [4.69, 9.17) is 28.2 Å². The van der Waals surface area contributed by atoms with Crippen molar-refractivity contribution in [2.75, 3.05) is 26.2 Å². The van der Waals surface area contributed by atoms with Gasteiger partial charge in [0.05, 0.1) is 12.1 Å². The molecule has 1 N–H and O–H groups in total. The average molecular weight is 697 g/mol. The Bertz CT molecular complexity index is 1600. The molecule has 250 valence electrons. The number of amidine groups is 1. The third kappa shape index (κ3) is 5.80. The molecule has 1 saturated carbocycles. The molecule has 4 heterocycles. The topological polar surface area (TPSA) is 79.7 Å². The lowest BCUT2D eigenvalue weighted by atomic mass is 9.81. The standard InChI is InChI=1S/C36H43Cl2N5O3S/c1-21(2)30-31(34(46)42-22(3)5-14-29(42)33(45)41-17-15-40(16-18-41)27-19-28(44)20-27)47-35-39-36(4,24-8-12-26(38)13-9-24)32(43(30)35)23-6-10-25(37)11-7-23/h6-13,21-22,27-29,32,44H,5,14-20H2,1-4H3/t22-,27?,28?,29+,32-,36+/m1/s1. The molecule has 0 spiro atoms. The van der Waals surface area contributed by atoms with E-state index in [-0.39, 0.29) is 35.9 Å². The van der Waals surface area contributed by atoms with E-state index in [2.05, 4.69) is 37.5 Å². The number of halogens is 2. The molecule has 5 aliphatic rings. The number of nitrogens with zero attached hydrogens (tertiary/aromatic N) is 5. The Kier molecular flexibility index (Phi) is 8.92. The van der Waals surface area contributed by atoms with Crippen molar-refractivity contribution in [3.8, 4) is 0 Å². The SMILES string of the molecule is CC(C)C1=C(C(=O)N2[C@H](C)CC[C@H]2C(=O)N2CCN(C3CC(O)C3)CC2)SC2=N[C@@](C)(c3ccc(Cl)cc3)[C@@H](c3ccc(Cl)cc3)N21. The number of carbonyl (C=O) groups is 2. The van der Waals surface area contributed by atoms with Gasteiger partial charge in [-0.3, -0.25) is 14.5 Å². The van der Waals surface area contributed by atoms with Gasteiger partial charge in [0.2, 0.25) is 5.91 Å². The largest absolute Gasteiger partial charge is 0.393 e. The third-order valence-corrected chi connectivity index (χ3v) is 12.3. The van der Waals surface area contributed by atoms with Gasteiger partial charge in [0, 0.05) is 54.0 Å². The molecule has 2 aromatic carbocycles. The van der Waals surface area contributed by atoms with Gasteiger partial charge in [-0.25, -0.2) is 4.99 Å². The monoisotopic (exact) mass is 695 g/mol. The lowest BCUT2D eigenvalue weighted by molar-refractivity contribution is -0.145. The maximum absolute atomic E-state index is 14.7. The predicted molar refractivity (Wildman–Crippen MR) is 188 cm³/mol. The molecule has 3 fully saturated rings. The number of amides is 2. The summed E-state index contributed by atoms with van der Waals surface area (Å²) in [5, 5.41) is 11.9. The van der Waals surface area contributed by atoms with Crippen LogP contribution in [-0.2, 0) is 15.1 Å². The van der Waals surface area contributed by atoms with Crippen LogP contribution < -0.4 is 0 Å². The van der Waals surface area contributed by atoms with Crippen molar-refractivity contribution < 1.29 is 14.7 Å². The maximum atomic E-state index is 14.7. The van der Waals surface area contributed by atoms with E-state index in [1.807, 2.05) is 58.3 Å². The molecule has 2 aromatic rings. The van der Waals surface area contributed by atoms with Gasteiger partial charge in [-0.05, 0) is 92.6 Å². The van der Waals surface area contributed by atoms with Crippen molar-refractivity contribution in [1.82, 2.24) is 19.6 Å². The predicted octanol–water partition coefficient (Wildman–Crippen LogP) is 6.28. The van der Waals surface area contributed by atoms with Crippen LogP contribution in [0.15, 0.2) is 64.1 Å². The fraction of sp³-hybridized carbons (Fsp3) is 0.528. The minimum atomic E-state index is -0.644. The van der Waals surface area contributed by atoms with Crippen molar-refractivity contribution in [3.63, 3.8) is 0 Å². The molecule has 47 heavy (non-hydrogen) atoms. The Hall–Kier alpha value is -2.56. The summed E-state index contributed by atoms with van der Waals surface area (Å²) in [5.41, 5.74) is 2.39. The van der Waals surface area contributed by atoms with Crippen LogP contribution in [0.4, 0.5) is 0 Å². The minimum Gasteiger partial charge on any atom is -0.393 e. The lowest BCUT2D eigenvalue weighted by Gasteiger charge is -2.45. The zero-order valence-electron chi connectivity index (χ0n) is 27.4. The van der Waals surface area contributed by atoms with Crippen molar-refractivity contribution in [1.29, 1.82) is 0 Å². The molecule has 8 nitrogen and oxygen atoms in total. The maximum Gasteiger partial charge on any atom is 0.263 e. The number of thioether (sulfide) groups is 1. The molecule has 0 unspecified atom stereocenters. The van der Waals surface area contributed by atoms with Gasteiger partial charge in [-0.1, -0.05) is 61.3 Å². The number of fused-ring (bicyclic) bond motifs is 1. The molecule has 2 amide bonds. The lowest BCUT2D eigenvalue weighted by Crippen LogP contribution is -2.58. The summed E-state index contributed by atoms with van der Waals surface area (Å²) in [6, 6.07) is 15.5. The molecule has 7 rings (SSSR count). The molecule has 4 atom stereocenters. The van der Waals surface area contributed by atoms with E-state index < -0.39 is 11.6 Å². The molecule has 2 saturated heterocycles. The number of piperazine rings is 1. The first-order chi connectivity index (χ1) is 22.5. The molecule has 1 aliphatic carbocycles. The smallest absolute Gasteiger partial charge is 0.263 e. The molecule has 11 heteroatoms. The molecule has 0 radical (unpaired) electrons. The number of likely N-dealkylation sites (tertiary alicyclic amines) is 1. The Morgan fingerprint density at radius 2 is 1.57 bits per heavy atom. The second-order valence-corrected chi connectivity index (χ2v) is 16.0. The van der Waals surface area contributed by atoms with E-state index in [9.17, 15) is 14.7 Å². The summed E-state index contributed by atoms with van der Waals surface area (Å²) in [4.78, 5) is 43.2. The van der Waals surface area contributed by atoms with Crippen LogP contribution in [-0.4, -0.2) is 92.1 Å². The fourth-order valence-electron chi connectivity index (χ4n) is 8.13. The quantitative estimate of drug-likeness (QED) is 0.383. The van der Waals surface area contributed by atoms with E-state index in [1.54, 1.807) is 0 Å². The second-order valence-electron chi connectivity index (χ2n) is 14.1. The summed E-state index contributed by atoms with van der Waals surface area (Å²) in [7, 11) is 0. The van der Waals surface area contributed by atoms with Gasteiger partial charge in [-0.15, -0.1) is 0 Å². The first kappa shape index (κ1) is 33.0. The van der Waals surface area contributed by atoms with Crippen molar-refractivity contribution >= 4 is 51.9 Å².